The van der Waals surface area contributed by atoms with Crippen molar-refractivity contribution in [3.05, 3.63) is 59.4 Å². The molecule has 164 valence electrons. The number of nitrogens with one attached hydrogen (secondary N) is 1. The van der Waals surface area contributed by atoms with Crippen LogP contribution in [0.3, 0.4) is 0 Å². The second-order valence-corrected chi connectivity index (χ2v) is 9.13. The number of pyridine rings is 1. The van der Waals surface area contributed by atoms with Crippen molar-refractivity contribution in [2.45, 2.75) is 44.3 Å². The van der Waals surface area contributed by atoms with Gasteiger partial charge in [0.15, 0.2) is 0 Å². The van der Waals surface area contributed by atoms with Gasteiger partial charge in [0.05, 0.1) is 18.2 Å². The van der Waals surface area contributed by atoms with Crippen LogP contribution >= 0.6 is 11.8 Å². The summed E-state index contributed by atoms with van der Waals surface area (Å²) in [6, 6.07) is 11.4. The lowest BCUT2D eigenvalue weighted by molar-refractivity contribution is -0.141. The molecule has 1 aliphatic rings. The maximum absolute atomic E-state index is 12.0. The molecule has 2 amide bonds. The van der Waals surface area contributed by atoms with Crippen molar-refractivity contribution in [2.24, 2.45) is 0 Å². The van der Waals surface area contributed by atoms with Crippen molar-refractivity contribution in [3.63, 3.8) is 0 Å². The van der Waals surface area contributed by atoms with E-state index in [9.17, 15) is 14.4 Å². The van der Waals surface area contributed by atoms with Crippen LogP contribution < -0.4 is 10.1 Å². The van der Waals surface area contributed by atoms with Crippen LogP contribution in [0.15, 0.2) is 42.6 Å². The first-order chi connectivity index (χ1) is 14.8. The molecule has 1 aliphatic heterocycles. The molecule has 1 saturated heterocycles. The van der Waals surface area contributed by atoms with Gasteiger partial charge < -0.3 is 9.47 Å². The van der Waals surface area contributed by atoms with Crippen LogP contribution in [-0.4, -0.2) is 40.1 Å². The van der Waals surface area contributed by atoms with Crippen molar-refractivity contribution in [1.29, 1.82) is 0 Å². The zero-order chi connectivity index (χ0) is 22.4. The molecule has 0 bridgehead atoms. The highest BCUT2D eigenvalue weighted by molar-refractivity contribution is 8.16. The van der Waals surface area contributed by atoms with Crippen molar-refractivity contribution in [1.82, 2.24) is 10.3 Å². The number of aryl methyl sites for hydroxylation is 1. The molecule has 7 nitrogen and oxygen atoms in total. The van der Waals surface area contributed by atoms with Crippen LogP contribution in [-0.2, 0) is 27.2 Å². The van der Waals surface area contributed by atoms with Crippen molar-refractivity contribution in [2.75, 3.05) is 13.2 Å². The molecule has 1 fully saturated rings. The maximum atomic E-state index is 12.0. The molecule has 1 aromatic carbocycles. The molecule has 1 N–H and O–H groups in total. The lowest BCUT2D eigenvalue weighted by Crippen LogP contribution is -2.35. The fraction of sp³-hybridized carbons (Fsp3) is 0.391. The van der Waals surface area contributed by atoms with Crippen molar-refractivity contribution >= 4 is 28.9 Å². The lowest BCUT2D eigenvalue weighted by Gasteiger charge is -2.19. The first-order valence-corrected chi connectivity index (χ1v) is 10.9. The smallest absolute Gasteiger partial charge is 0.302 e. The molecule has 0 radical (unpaired) electrons. The van der Waals surface area contributed by atoms with E-state index < -0.39 is 4.75 Å². The predicted octanol–water partition coefficient (Wildman–Crippen LogP) is 3.65. The van der Waals surface area contributed by atoms with Gasteiger partial charge in [-0.05, 0) is 60.9 Å². The summed E-state index contributed by atoms with van der Waals surface area (Å²) in [5, 5.41) is 2.02. The van der Waals surface area contributed by atoms with E-state index in [1.807, 2.05) is 42.6 Å². The number of hydrogen-bond donors (Lipinski definition) is 1. The molecule has 2 aromatic rings. The number of thioether (sulfide) groups is 1. The molecular weight excluding hydrogens is 416 g/mol. The normalized spacial score (nSPS) is 19.1. The van der Waals surface area contributed by atoms with Crippen LogP contribution in [0, 0.1) is 0 Å². The largest absolute Gasteiger partial charge is 0.493 e. The number of imide groups is 1. The minimum Gasteiger partial charge on any atom is -0.493 e. The van der Waals surface area contributed by atoms with Gasteiger partial charge in [-0.15, -0.1) is 0 Å². The van der Waals surface area contributed by atoms with Gasteiger partial charge in [-0.25, -0.2) is 0 Å². The standard InChI is InChI=1S/C23H26N2O5S/c1-4-16-7-10-20(24-12-16)18(13-29-15(2)26)14-30-19-8-5-17(6-9-19)11-23(3)21(27)25-22(28)31-23/h5-10,12,18H,4,11,13-14H2,1-3H3,(H,25,27,28). The third kappa shape index (κ3) is 6.07. The number of hydrogen-bond acceptors (Lipinski definition) is 7. The molecule has 0 saturated carbocycles. The van der Waals surface area contributed by atoms with Gasteiger partial charge in [0.1, 0.15) is 17.1 Å². The summed E-state index contributed by atoms with van der Waals surface area (Å²) in [4.78, 5) is 39.3. The number of nitrogens with zero attached hydrogens (tertiary/aromatic N) is 1. The molecule has 0 aliphatic carbocycles. The number of amides is 2. The zero-order valence-electron chi connectivity index (χ0n) is 17.8. The van der Waals surface area contributed by atoms with Crippen LogP contribution in [0.1, 0.15) is 43.5 Å². The molecule has 2 unspecified atom stereocenters. The Bertz CT molecular complexity index is 945. The van der Waals surface area contributed by atoms with Gasteiger partial charge in [-0.1, -0.05) is 25.1 Å². The highest BCUT2D eigenvalue weighted by atomic mass is 32.2. The third-order valence-corrected chi connectivity index (χ3v) is 6.16. The number of benzene rings is 1. The van der Waals surface area contributed by atoms with Crippen molar-refractivity contribution < 1.29 is 23.9 Å². The van der Waals surface area contributed by atoms with E-state index in [4.69, 9.17) is 9.47 Å². The summed E-state index contributed by atoms with van der Waals surface area (Å²) in [5.74, 6) is -0.150. The van der Waals surface area contributed by atoms with E-state index in [0.717, 1.165) is 35.0 Å². The van der Waals surface area contributed by atoms with Crippen LogP contribution in [0.5, 0.6) is 5.75 Å². The molecule has 2 heterocycles. The molecule has 3 rings (SSSR count). The Kier molecular flexibility index (Phi) is 7.33. The quantitative estimate of drug-likeness (QED) is 0.592. The fourth-order valence-corrected chi connectivity index (χ4v) is 4.17. The number of aromatic nitrogens is 1. The van der Waals surface area contributed by atoms with E-state index in [1.165, 1.54) is 6.92 Å². The monoisotopic (exact) mass is 442 g/mol. The summed E-state index contributed by atoms with van der Waals surface area (Å²) in [7, 11) is 0. The van der Waals surface area contributed by atoms with Crippen LogP contribution in [0.25, 0.3) is 0 Å². The van der Waals surface area contributed by atoms with Gasteiger partial charge in [-0.2, -0.15) is 0 Å². The van der Waals surface area contributed by atoms with E-state index in [1.54, 1.807) is 6.92 Å². The Morgan fingerprint density at radius 2 is 1.84 bits per heavy atom. The van der Waals surface area contributed by atoms with E-state index in [2.05, 4.69) is 17.2 Å². The fourth-order valence-electron chi connectivity index (χ4n) is 3.23. The summed E-state index contributed by atoms with van der Waals surface area (Å²) < 4.78 is 10.3. The molecule has 1 aromatic heterocycles. The lowest BCUT2D eigenvalue weighted by atomic mass is 9.99. The zero-order valence-corrected chi connectivity index (χ0v) is 18.7. The minimum absolute atomic E-state index is 0.185. The van der Waals surface area contributed by atoms with E-state index >= 15 is 0 Å². The maximum Gasteiger partial charge on any atom is 0.302 e. The first-order valence-electron chi connectivity index (χ1n) is 10.1. The summed E-state index contributed by atoms with van der Waals surface area (Å²) >= 11 is 1.02. The highest BCUT2D eigenvalue weighted by Gasteiger charge is 2.43. The summed E-state index contributed by atoms with van der Waals surface area (Å²) in [6.45, 7) is 5.69. The summed E-state index contributed by atoms with van der Waals surface area (Å²) in [5.41, 5.74) is 2.87. The van der Waals surface area contributed by atoms with Gasteiger partial charge in [-0.3, -0.25) is 24.7 Å². The number of carbonyl (C=O) groups excluding carboxylic acids is 3. The molecule has 2 atom stereocenters. The first kappa shape index (κ1) is 22.8. The Balaban J connectivity index is 1.63. The van der Waals surface area contributed by atoms with Gasteiger partial charge in [0.2, 0.25) is 5.91 Å². The highest BCUT2D eigenvalue weighted by Crippen LogP contribution is 2.35. The molecular formula is C23H26N2O5S. The molecule has 31 heavy (non-hydrogen) atoms. The van der Waals surface area contributed by atoms with Crippen molar-refractivity contribution in [3.8, 4) is 5.75 Å². The van der Waals surface area contributed by atoms with Crippen LogP contribution in [0.2, 0.25) is 0 Å². The number of esters is 1. The Morgan fingerprint density at radius 3 is 2.39 bits per heavy atom. The SMILES string of the molecule is CCc1ccc(C(COC(C)=O)COc2ccc(CC3(C)SC(=O)NC3=O)cc2)nc1. The average molecular weight is 443 g/mol. The van der Waals surface area contributed by atoms with Gasteiger partial charge in [0, 0.05) is 13.1 Å². The Morgan fingerprint density at radius 1 is 1.13 bits per heavy atom. The van der Waals surface area contributed by atoms with Crippen LogP contribution in [0.4, 0.5) is 4.79 Å². The van der Waals surface area contributed by atoms with E-state index in [-0.39, 0.29) is 29.6 Å². The topological polar surface area (TPSA) is 94.6 Å². The average Bonchev–Trinajstić information content (AvgIpc) is 3.00. The number of rotatable bonds is 9. The van der Waals surface area contributed by atoms with Gasteiger partial charge >= 0.3 is 5.97 Å². The summed E-state index contributed by atoms with van der Waals surface area (Å²) in [6.07, 6.45) is 3.17. The third-order valence-electron chi connectivity index (χ3n) is 5.09. The predicted molar refractivity (Wildman–Crippen MR) is 118 cm³/mol. The van der Waals surface area contributed by atoms with Gasteiger partial charge in [0.25, 0.3) is 5.24 Å². The Hall–Kier alpha value is -2.87. The minimum atomic E-state index is -0.801. The molecule has 8 heteroatoms. The Labute approximate surface area is 185 Å². The second-order valence-electron chi connectivity index (χ2n) is 7.65. The second kappa shape index (κ2) is 9.96. The molecule has 0 spiro atoms. The number of carbonyl (C=O) groups is 3. The van der Waals surface area contributed by atoms with E-state index in [0.29, 0.717) is 18.8 Å². The number of ether oxygens (including phenoxy) is 2.